The number of phenolic OH excluding ortho intramolecular Hbond substituents is 1. The second-order valence-electron chi connectivity index (χ2n) is 18.9. The Morgan fingerprint density at radius 2 is 0.984 bits per heavy atom. The van der Waals surface area contributed by atoms with Gasteiger partial charge in [-0.25, -0.2) is 0 Å². The van der Waals surface area contributed by atoms with Crippen LogP contribution in [0.1, 0.15) is 83.2 Å². The monoisotopic (exact) mass is 990 g/mol. The number of aromatic hydroxyl groups is 1. The Morgan fingerprint density at radius 1 is 0.452 bits per heavy atom. The van der Waals surface area contributed by atoms with Gasteiger partial charge in [0, 0.05) is 49.6 Å². The molecule has 0 saturated heterocycles. The summed E-state index contributed by atoms with van der Waals surface area (Å²) in [7, 11) is 0. The van der Waals surface area contributed by atoms with Crippen molar-refractivity contribution >= 4 is 0 Å². The van der Waals surface area contributed by atoms with Gasteiger partial charge in [-0.05, 0) is 86.0 Å². The molecule has 314 valence electrons. The van der Waals surface area contributed by atoms with E-state index in [-0.39, 0.29) is 43.1 Å². The molecule has 2 heterocycles. The molecule has 0 unspecified atom stereocenters. The van der Waals surface area contributed by atoms with Gasteiger partial charge in [0.1, 0.15) is 5.75 Å². The van der Waals surface area contributed by atoms with Gasteiger partial charge in [-0.15, -0.1) is 18.2 Å². The number of hydrogen-bond donors (Lipinski definition) is 1. The van der Waals surface area contributed by atoms with Crippen molar-refractivity contribution < 1.29 is 26.2 Å². The first-order chi connectivity index (χ1) is 29.1. The zero-order chi connectivity index (χ0) is 43.1. The molecule has 2 aromatic heterocycles. The van der Waals surface area contributed by atoms with Crippen LogP contribution in [0.5, 0.6) is 5.75 Å². The van der Waals surface area contributed by atoms with Gasteiger partial charge in [-0.1, -0.05) is 205 Å². The first-order valence-corrected chi connectivity index (χ1v) is 21.3. The van der Waals surface area contributed by atoms with E-state index in [1.807, 2.05) is 30.5 Å². The summed E-state index contributed by atoms with van der Waals surface area (Å²) in [6.45, 7) is 19.8. The van der Waals surface area contributed by atoms with E-state index in [4.69, 9.17) is 9.97 Å². The Kier molecular flexibility index (Phi) is 12.4. The van der Waals surface area contributed by atoms with Crippen molar-refractivity contribution in [1.82, 2.24) is 9.97 Å². The smallest absolute Gasteiger partial charge is 0.128 e. The van der Waals surface area contributed by atoms with Gasteiger partial charge in [0.25, 0.3) is 0 Å². The number of rotatable bonds is 8. The Labute approximate surface area is 383 Å². The van der Waals surface area contributed by atoms with Crippen molar-refractivity contribution in [2.24, 2.45) is 0 Å². The fourth-order valence-corrected chi connectivity index (χ4v) is 8.32. The van der Waals surface area contributed by atoms with Gasteiger partial charge in [-0.3, -0.25) is 9.97 Å². The summed E-state index contributed by atoms with van der Waals surface area (Å²) in [6, 6.07) is 59.5. The minimum Gasteiger partial charge on any atom is -0.507 e. The largest absolute Gasteiger partial charge is 0.507 e. The first kappa shape index (κ1) is 44.2. The molecular weight excluding hydrogens is 936 g/mol. The molecule has 0 bridgehead atoms. The summed E-state index contributed by atoms with van der Waals surface area (Å²) in [5, 5.41) is 11.9. The third-order valence-corrected chi connectivity index (χ3v) is 12.0. The van der Waals surface area contributed by atoms with Crippen molar-refractivity contribution in [3.63, 3.8) is 0 Å². The van der Waals surface area contributed by atoms with E-state index in [0.29, 0.717) is 11.3 Å². The second-order valence-corrected chi connectivity index (χ2v) is 18.9. The number of pyridine rings is 2. The molecule has 0 fully saturated rings. The Hall–Kier alpha value is -5.89. The molecule has 0 aliphatic carbocycles. The summed E-state index contributed by atoms with van der Waals surface area (Å²) >= 11 is 0. The average molecular weight is 991 g/mol. The van der Waals surface area contributed by atoms with Crippen LogP contribution in [0.4, 0.5) is 0 Å². The van der Waals surface area contributed by atoms with E-state index in [2.05, 4.69) is 202 Å². The van der Waals surface area contributed by atoms with Crippen LogP contribution in [-0.4, -0.2) is 15.1 Å². The Balaban J connectivity index is 0.00000578. The number of benzene rings is 6. The SMILES string of the molecule is Cc1ccc(C(C)(C)c2ccc(-c3cc(-c4cc(-c5ccccc5)ccn4)[c-]c(-c4cc(-c5ccccc5C(C)(C)C)cc(-c5cccc(C(C)(C)C)c5O)n4)c3)cc2)cc1.[Pt]. The zero-order valence-corrected chi connectivity index (χ0v) is 39.5. The molecule has 0 spiro atoms. The first-order valence-electron chi connectivity index (χ1n) is 21.3. The predicted octanol–water partition coefficient (Wildman–Crippen LogP) is 15.2. The minimum atomic E-state index is -0.261. The van der Waals surface area contributed by atoms with E-state index in [9.17, 15) is 5.11 Å². The van der Waals surface area contributed by atoms with Crippen LogP contribution in [0.3, 0.4) is 0 Å². The molecule has 3 nitrogen and oxygen atoms in total. The molecule has 62 heavy (non-hydrogen) atoms. The predicted molar refractivity (Wildman–Crippen MR) is 256 cm³/mol. The average Bonchev–Trinajstić information content (AvgIpc) is 3.26. The molecule has 0 amide bonds. The Bertz CT molecular complexity index is 2840. The number of aromatic nitrogens is 2. The molecule has 8 rings (SSSR count). The quantitative estimate of drug-likeness (QED) is 0.154. The number of aryl methyl sites for hydroxylation is 1. The van der Waals surface area contributed by atoms with Crippen molar-refractivity contribution in [3.05, 3.63) is 198 Å². The molecule has 4 heteroatoms. The molecule has 6 aromatic carbocycles. The normalized spacial score (nSPS) is 11.9. The minimum absolute atomic E-state index is 0. The summed E-state index contributed by atoms with van der Waals surface area (Å²) in [6.07, 6.45) is 1.88. The van der Waals surface area contributed by atoms with Crippen molar-refractivity contribution in [2.75, 3.05) is 0 Å². The fourth-order valence-electron chi connectivity index (χ4n) is 8.32. The van der Waals surface area contributed by atoms with Crippen LogP contribution in [0, 0.1) is 13.0 Å². The third-order valence-electron chi connectivity index (χ3n) is 12.0. The topological polar surface area (TPSA) is 46.0 Å². The summed E-state index contributed by atoms with van der Waals surface area (Å²) in [5.41, 5.74) is 16.5. The second kappa shape index (κ2) is 17.5. The fraction of sp³-hybridized carbons (Fsp3) is 0.207. The maximum Gasteiger partial charge on any atom is 0.128 e. The van der Waals surface area contributed by atoms with Gasteiger partial charge >= 0.3 is 0 Å². The van der Waals surface area contributed by atoms with E-state index in [1.54, 1.807) is 0 Å². The van der Waals surface area contributed by atoms with Crippen molar-refractivity contribution in [1.29, 1.82) is 0 Å². The molecule has 0 saturated carbocycles. The van der Waals surface area contributed by atoms with Crippen molar-refractivity contribution in [3.8, 4) is 72.9 Å². The van der Waals surface area contributed by atoms with Crippen LogP contribution in [0.25, 0.3) is 67.2 Å². The van der Waals surface area contributed by atoms with E-state index in [0.717, 1.165) is 61.5 Å². The van der Waals surface area contributed by atoms with E-state index >= 15 is 0 Å². The van der Waals surface area contributed by atoms with Gasteiger partial charge in [-0.2, -0.15) is 0 Å². The molecular formula is C58H55N2OPt-. The van der Waals surface area contributed by atoms with Gasteiger partial charge in [0.2, 0.25) is 0 Å². The van der Waals surface area contributed by atoms with Crippen LogP contribution in [0.2, 0.25) is 0 Å². The van der Waals surface area contributed by atoms with Gasteiger partial charge in [0.15, 0.2) is 0 Å². The summed E-state index contributed by atoms with van der Waals surface area (Å²) in [5.74, 6) is 0.253. The van der Waals surface area contributed by atoms with Crippen LogP contribution in [0.15, 0.2) is 164 Å². The number of para-hydroxylation sites is 1. The molecule has 1 N–H and O–H groups in total. The van der Waals surface area contributed by atoms with Gasteiger partial charge in [0.05, 0.1) is 5.69 Å². The van der Waals surface area contributed by atoms with Crippen LogP contribution in [-0.2, 0) is 37.3 Å². The molecule has 0 aliphatic rings. The summed E-state index contributed by atoms with van der Waals surface area (Å²) in [4.78, 5) is 10.3. The molecule has 0 aliphatic heterocycles. The Morgan fingerprint density at radius 3 is 1.65 bits per heavy atom. The number of nitrogens with zero attached hydrogens (tertiary/aromatic N) is 2. The van der Waals surface area contributed by atoms with E-state index < -0.39 is 0 Å². The number of hydrogen-bond acceptors (Lipinski definition) is 3. The van der Waals surface area contributed by atoms with Crippen LogP contribution < -0.4 is 0 Å². The van der Waals surface area contributed by atoms with Crippen molar-refractivity contribution in [2.45, 2.75) is 78.6 Å². The number of phenols is 1. The standard InChI is InChI=1S/C58H55N2O.Pt/c1-38-22-26-46(27-23-38)58(8,9)47-28-24-40(25-29-47)42-32-44(52-35-41(30-31-59-52)39-16-11-10-12-17-39)34-45(33-42)53-36-43(48-18-13-14-20-50(48)56(2,3)4)37-54(60-53)49-19-15-21-51(55(49)61)57(5,6)7;/h10-33,35-37,61H,1-9H3;/q-1;. The molecule has 8 aromatic rings. The van der Waals surface area contributed by atoms with Crippen LogP contribution >= 0.6 is 0 Å². The maximum atomic E-state index is 11.9. The maximum absolute atomic E-state index is 11.9. The molecule has 0 atom stereocenters. The zero-order valence-electron chi connectivity index (χ0n) is 37.2. The third kappa shape index (κ3) is 9.16. The van der Waals surface area contributed by atoms with E-state index in [1.165, 1.54) is 22.3 Å². The van der Waals surface area contributed by atoms with Gasteiger partial charge < -0.3 is 5.11 Å². The summed E-state index contributed by atoms with van der Waals surface area (Å²) < 4.78 is 0. The molecule has 0 radical (unpaired) electrons.